The topological polar surface area (TPSA) is 132 Å². The van der Waals surface area contributed by atoms with Crippen molar-refractivity contribution in [3.05, 3.63) is 64.7 Å². The van der Waals surface area contributed by atoms with Gasteiger partial charge in [-0.3, -0.25) is 19.3 Å². The number of rotatable bonds is 10. The van der Waals surface area contributed by atoms with E-state index in [1.54, 1.807) is 42.5 Å². The molecule has 38 heavy (non-hydrogen) atoms. The van der Waals surface area contributed by atoms with Gasteiger partial charge in [0.25, 0.3) is 17.6 Å². The number of nitrogens with zero attached hydrogens (tertiary/aromatic N) is 2. The minimum absolute atomic E-state index is 0.0232. The monoisotopic (exact) mass is 523 g/mol. The molecule has 2 heterocycles. The molecule has 2 saturated heterocycles. The van der Waals surface area contributed by atoms with Gasteiger partial charge in [-0.25, -0.2) is 0 Å². The lowest BCUT2D eigenvalue weighted by Gasteiger charge is -2.31. The van der Waals surface area contributed by atoms with Crippen molar-refractivity contribution in [2.45, 2.75) is 19.9 Å². The minimum atomic E-state index is -0.799. The SMILES string of the molecule is CCOc1ccc(C(O)=C2C(=O)C(=O)N(CCN3CCOCC3)C2c2ccc(OCC(N)=O)cc2)c(C)c1. The molecule has 0 radical (unpaired) electrons. The summed E-state index contributed by atoms with van der Waals surface area (Å²) in [6.07, 6.45) is 0. The highest BCUT2D eigenvalue weighted by Gasteiger charge is 2.46. The molecule has 10 nitrogen and oxygen atoms in total. The number of primary amides is 1. The van der Waals surface area contributed by atoms with Crippen molar-refractivity contribution in [3.63, 3.8) is 0 Å². The van der Waals surface area contributed by atoms with E-state index < -0.39 is 23.6 Å². The maximum absolute atomic E-state index is 13.3. The van der Waals surface area contributed by atoms with E-state index in [1.807, 2.05) is 13.8 Å². The van der Waals surface area contributed by atoms with E-state index in [0.29, 0.717) is 61.1 Å². The highest BCUT2D eigenvalue weighted by Crippen LogP contribution is 2.40. The van der Waals surface area contributed by atoms with Gasteiger partial charge in [0.15, 0.2) is 6.61 Å². The summed E-state index contributed by atoms with van der Waals surface area (Å²) in [5, 5.41) is 11.4. The Morgan fingerprint density at radius 3 is 2.37 bits per heavy atom. The summed E-state index contributed by atoms with van der Waals surface area (Å²) in [7, 11) is 0. The molecular formula is C28H33N3O7. The molecule has 2 aromatic rings. The van der Waals surface area contributed by atoms with Crippen LogP contribution in [0.15, 0.2) is 48.0 Å². The van der Waals surface area contributed by atoms with Crippen LogP contribution >= 0.6 is 0 Å². The molecule has 0 aliphatic carbocycles. The largest absolute Gasteiger partial charge is 0.507 e. The van der Waals surface area contributed by atoms with Crippen molar-refractivity contribution in [3.8, 4) is 11.5 Å². The molecule has 2 aliphatic heterocycles. The van der Waals surface area contributed by atoms with Gasteiger partial charge in [-0.15, -0.1) is 0 Å². The van der Waals surface area contributed by atoms with E-state index in [4.69, 9.17) is 19.9 Å². The number of ether oxygens (including phenoxy) is 3. The summed E-state index contributed by atoms with van der Waals surface area (Å²) >= 11 is 0. The molecule has 2 aromatic carbocycles. The Morgan fingerprint density at radius 2 is 1.74 bits per heavy atom. The van der Waals surface area contributed by atoms with Gasteiger partial charge in [-0.1, -0.05) is 12.1 Å². The molecule has 4 rings (SSSR count). The predicted molar refractivity (Wildman–Crippen MR) is 140 cm³/mol. The summed E-state index contributed by atoms with van der Waals surface area (Å²) in [5.41, 5.74) is 6.97. The Balaban J connectivity index is 1.71. The molecule has 10 heteroatoms. The fraction of sp³-hybridized carbons (Fsp3) is 0.393. The van der Waals surface area contributed by atoms with E-state index in [1.165, 1.54) is 4.90 Å². The predicted octanol–water partition coefficient (Wildman–Crippen LogP) is 2.01. The third-order valence-electron chi connectivity index (χ3n) is 6.64. The molecule has 2 fully saturated rings. The van der Waals surface area contributed by atoms with Crippen LogP contribution < -0.4 is 15.2 Å². The Morgan fingerprint density at radius 1 is 1.05 bits per heavy atom. The summed E-state index contributed by atoms with van der Waals surface area (Å²) < 4.78 is 16.3. The average molecular weight is 524 g/mol. The van der Waals surface area contributed by atoms with Gasteiger partial charge in [-0.2, -0.15) is 0 Å². The normalized spacial score (nSPS) is 19.5. The van der Waals surface area contributed by atoms with Crippen molar-refractivity contribution < 1.29 is 33.7 Å². The molecule has 2 amide bonds. The number of hydrogen-bond acceptors (Lipinski definition) is 8. The number of nitrogens with two attached hydrogens (primary N) is 1. The number of hydrogen-bond donors (Lipinski definition) is 2. The van der Waals surface area contributed by atoms with Crippen LogP contribution in [0, 0.1) is 6.92 Å². The van der Waals surface area contributed by atoms with E-state index in [9.17, 15) is 19.5 Å². The van der Waals surface area contributed by atoms with Gasteiger partial charge < -0.3 is 30.0 Å². The Labute approximate surface area is 221 Å². The average Bonchev–Trinajstić information content (AvgIpc) is 3.16. The summed E-state index contributed by atoms with van der Waals surface area (Å²) in [4.78, 5) is 41.4. The molecule has 202 valence electrons. The van der Waals surface area contributed by atoms with E-state index >= 15 is 0 Å². The van der Waals surface area contributed by atoms with Crippen molar-refractivity contribution >= 4 is 23.4 Å². The number of aliphatic hydroxyl groups excluding tert-OH is 1. The van der Waals surface area contributed by atoms with Gasteiger partial charge in [0.1, 0.15) is 17.3 Å². The number of morpholine rings is 1. The maximum Gasteiger partial charge on any atom is 0.295 e. The van der Waals surface area contributed by atoms with Gasteiger partial charge in [0.2, 0.25) is 0 Å². The number of Topliss-reactive ketones (excluding diaryl/α,β-unsaturated/α-hetero) is 1. The third-order valence-corrected chi connectivity index (χ3v) is 6.64. The standard InChI is InChI=1S/C28H33N3O7/c1-3-37-21-8-9-22(18(2)16-21)26(33)24-25(19-4-6-20(7-5-19)38-17-23(29)32)31(28(35)27(24)34)11-10-30-12-14-36-15-13-30/h4-9,16,25,33H,3,10-15,17H2,1-2H3,(H2,29,32). The number of amides is 2. The molecule has 0 spiro atoms. The molecular weight excluding hydrogens is 490 g/mol. The second-order valence-corrected chi connectivity index (χ2v) is 9.18. The van der Waals surface area contributed by atoms with Gasteiger partial charge >= 0.3 is 0 Å². The second-order valence-electron chi connectivity index (χ2n) is 9.18. The Kier molecular flexibility index (Phi) is 8.65. The fourth-order valence-electron chi connectivity index (χ4n) is 4.74. The van der Waals surface area contributed by atoms with E-state index in [-0.39, 0.29) is 17.9 Å². The van der Waals surface area contributed by atoms with Crippen molar-refractivity contribution in [2.24, 2.45) is 5.73 Å². The number of ketones is 1. The molecule has 0 bridgehead atoms. The summed E-state index contributed by atoms with van der Waals surface area (Å²) in [6, 6.07) is 11.1. The molecule has 3 N–H and O–H groups in total. The zero-order chi connectivity index (χ0) is 27.2. The first-order valence-electron chi connectivity index (χ1n) is 12.6. The lowest BCUT2D eigenvalue weighted by Crippen LogP contribution is -2.42. The van der Waals surface area contributed by atoms with Crippen LogP contribution in [0.4, 0.5) is 0 Å². The first kappa shape index (κ1) is 27.2. The highest BCUT2D eigenvalue weighted by molar-refractivity contribution is 6.46. The Bertz CT molecular complexity index is 1220. The third kappa shape index (κ3) is 5.98. The van der Waals surface area contributed by atoms with Crippen LogP contribution in [0.1, 0.15) is 29.7 Å². The second kappa shape index (κ2) is 12.1. The van der Waals surface area contributed by atoms with E-state index in [0.717, 1.165) is 13.1 Å². The number of likely N-dealkylation sites (tertiary alicyclic amines) is 1. The molecule has 2 aliphatic rings. The van der Waals surface area contributed by atoms with Gasteiger partial charge in [0, 0.05) is 31.7 Å². The van der Waals surface area contributed by atoms with Crippen LogP contribution in [0.25, 0.3) is 5.76 Å². The van der Waals surface area contributed by atoms with Crippen LogP contribution in [0.2, 0.25) is 0 Å². The van der Waals surface area contributed by atoms with Gasteiger partial charge in [-0.05, 0) is 55.3 Å². The Hall–Kier alpha value is -3.89. The minimum Gasteiger partial charge on any atom is -0.507 e. The van der Waals surface area contributed by atoms with Crippen molar-refractivity contribution in [1.82, 2.24) is 9.80 Å². The number of carbonyl (C=O) groups is 3. The van der Waals surface area contributed by atoms with Crippen LogP contribution in [0.5, 0.6) is 11.5 Å². The van der Waals surface area contributed by atoms with Crippen LogP contribution in [-0.2, 0) is 19.1 Å². The van der Waals surface area contributed by atoms with Crippen molar-refractivity contribution in [2.75, 3.05) is 52.6 Å². The number of benzene rings is 2. The first-order valence-corrected chi connectivity index (χ1v) is 12.6. The first-order chi connectivity index (χ1) is 18.3. The molecule has 1 atom stereocenters. The quantitative estimate of drug-likeness (QED) is 0.275. The van der Waals surface area contributed by atoms with Crippen molar-refractivity contribution in [1.29, 1.82) is 0 Å². The maximum atomic E-state index is 13.3. The van der Waals surface area contributed by atoms with Crippen LogP contribution in [0.3, 0.4) is 0 Å². The number of carbonyl (C=O) groups excluding carboxylic acids is 3. The smallest absolute Gasteiger partial charge is 0.295 e. The van der Waals surface area contributed by atoms with Gasteiger partial charge in [0.05, 0.1) is 31.4 Å². The molecule has 0 saturated carbocycles. The summed E-state index contributed by atoms with van der Waals surface area (Å²) in [5.74, 6) is -1.18. The zero-order valence-electron chi connectivity index (χ0n) is 21.6. The molecule has 1 unspecified atom stereocenters. The summed E-state index contributed by atoms with van der Waals surface area (Å²) in [6.45, 7) is 7.50. The van der Waals surface area contributed by atoms with E-state index in [2.05, 4.69) is 4.90 Å². The highest BCUT2D eigenvalue weighted by atomic mass is 16.5. The lowest BCUT2D eigenvalue weighted by atomic mass is 9.94. The number of aliphatic hydroxyl groups is 1. The lowest BCUT2D eigenvalue weighted by molar-refractivity contribution is -0.140. The molecule has 0 aromatic heterocycles. The number of aryl methyl sites for hydroxylation is 1. The zero-order valence-corrected chi connectivity index (χ0v) is 21.6. The van der Waals surface area contributed by atoms with Crippen LogP contribution in [-0.4, -0.2) is 85.1 Å². The fourth-order valence-corrected chi connectivity index (χ4v) is 4.74.